The Morgan fingerprint density at radius 3 is 1.43 bits per heavy atom. The van der Waals surface area contributed by atoms with E-state index in [-0.39, 0.29) is 0 Å². The van der Waals surface area contributed by atoms with Gasteiger partial charge in [0.1, 0.15) is 0 Å². The van der Waals surface area contributed by atoms with Crippen molar-refractivity contribution in [1.82, 2.24) is 0 Å². The van der Waals surface area contributed by atoms with Crippen LogP contribution in [0.15, 0.2) is 48.5 Å². The molecule has 0 aliphatic carbocycles. The molecule has 0 saturated heterocycles. The monoisotopic (exact) mass is 362 g/mol. The van der Waals surface area contributed by atoms with Gasteiger partial charge in [-0.2, -0.15) is 0 Å². The quantitative estimate of drug-likeness (QED) is 0.198. The Morgan fingerprint density at radius 1 is 0.571 bits per heavy atom. The van der Waals surface area contributed by atoms with E-state index in [4.69, 9.17) is 0 Å². The van der Waals surface area contributed by atoms with E-state index in [9.17, 15) is 0 Å². The van der Waals surface area contributed by atoms with Gasteiger partial charge in [-0.05, 0) is 57.3 Å². The van der Waals surface area contributed by atoms with Gasteiger partial charge in [-0.3, -0.25) is 0 Å². The van der Waals surface area contributed by atoms with E-state index in [2.05, 4.69) is 86.1 Å². The van der Waals surface area contributed by atoms with Gasteiger partial charge < -0.3 is 0 Å². The summed E-state index contributed by atoms with van der Waals surface area (Å²) in [4.78, 5) is 0. The number of hydrogen-bond donors (Lipinski definition) is 0. The van der Waals surface area contributed by atoms with E-state index in [1.165, 1.54) is 58.0 Å². The Balaban J connectivity index is 1.90. The molecule has 0 aromatic heterocycles. The van der Waals surface area contributed by atoms with Crippen LogP contribution in [-0.2, 0) is 0 Å². The van der Waals surface area contributed by atoms with Crippen molar-refractivity contribution in [1.29, 1.82) is 0 Å². The van der Waals surface area contributed by atoms with Gasteiger partial charge in [0.25, 0.3) is 0 Å². The highest BCUT2D eigenvalue weighted by Crippen LogP contribution is 2.37. The number of unbranched alkanes of at least 4 members (excludes halogenated alkanes) is 4. The van der Waals surface area contributed by atoms with Crippen molar-refractivity contribution in [3.8, 4) is 23.7 Å². The second kappa shape index (κ2) is 8.37. The first-order valence-electron chi connectivity index (χ1n) is 10.5. The summed E-state index contributed by atoms with van der Waals surface area (Å²) in [6, 6.07) is 17.7. The molecular formula is C28H26. The van der Waals surface area contributed by atoms with Crippen molar-refractivity contribution >= 4 is 32.3 Å². The molecular weight excluding hydrogens is 336 g/mol. The van der Waals surface area contributed by atoms with Crippen LogP contribution < -0.4 is 0 Å². The summed E-state index contributed by atoms with van der Waals surface area (Å²) in [7, 11) is 0. The molecule has 0 fully saturated rings. The Bertz CT molecular complexity index is 1140. The largest absolute Gasteiger partial charge is 0.0979 e. The molecule has 0 saturated carbocycles. The standard InChI is InChI=1S/C28H26/c1-3-5-7-9-11-21-13-15-23-18-20-26-22(12-10-8-6-4-2)14-16-24-17-19-25(21)27(23)28(24)26/h13-20H,3-8H2,1-2H3. The van der Waals surface area contributed by atoms with Gasteiger partial charge in [0.2, 0.25) is 0 Å². The molecule has 0 spiro atoms. The highest BCUT2D eigenvalue weighted by Gasteiger charge is 2.11. The first kappa shape index (κ1) is 18.4. The van der Waals surface area contributed by atoms with Gasteiger partial charge in [-0.25, -0.2) is 0 Å². The molecule has 0 heteroatoms. The van der Waals surface area contributed by atoms with Crippen LogP contribution in [0.2, 0.25) is 0 Å². The predicted octanol–water partition coefficient (Wildman–Crippen LogP) is 7.67. The minimum atomic E-state index is 0.968. The zero-order valence-electron chi connectivity index (χ0n) is 16.9. The minimum absolute atomic E-state index is 0.968. The third kappa shape index (κ3) is 3.44. The van der Waals surface area contributed by atoms with Gasteiger partial charge in [0.05, 0.1) is 0 Å². The lowest BCUT2D eigenvalue weighted by molar-refractivity contribution is 0.828. The topological polar surface area (TPSA) is 0 Å². The van der Waals surface area contributed by atoms with E-state index < -0.39 is 0 Å². The molecule has 28 heavy (non-hydrogen) atoms. The number of benzene rings is 4. The Kier molecular flexibility index (Phi) is 5.50. The van der Waals surface area contributed by atoms with Crippen LogP contribution in [0.3, 0.4) is 0 Å². The van der Waals surface area contributed by atoms with Crippen molar-refractivity contribution in [2.75, 3.05) is 0 Å². The first-order chi connectivity index (χ1) is 13.8. The molecule has 0 nitrogen and oxygen atoms in total. The normalized spacial score (nSPS) is 10.8. The molecule has 0 radical (unpaired) electrons. The lowest BCUT2D eigenvalue weighted by Gasteiger charge is -2.13. The summed E-state index contributed by atoms with van der Waals surface area (Å²) in [5, 5.41) is 7.74. The third-order valence-electron chi connectivity index (χ3n) is 5.42. The maximum atomic E-state index is 3.42. The summed E-state index contributed by atoms with van der Waals surface area (Å²) >= 11 is 0. The van der Waals surface area contributed by atoms with Gasteiger partial charge in [-0.15, -0.1) is 0 Å². The Labute approximate surface area is 168 Å². The molecule has 0 bridgehead atoms. The summed E-state index contributed by atoms with van der Waals surface area (Å²) in [5.74, 6) is 13.5. The van der Waals surface area contributed by atoms with Crippen LogP contribution in [-0.4, -0.2) is 0 Å². The fraction of sp³-hybridized carbons (Fsp3) is 0.286. The first-order valence-corrected chi connectivity index (χ1v) is 10.5. The van der Waals surface area contributed by atoms with Gasteiger partial charge in [0.15, 0.2) is 0 Å². The smallest absolute Gasteiger partial charge is 0.0324 e. The van der Waals surface area contributed by atoms with Crippen LogP contribution in [0, 0.1) is 23.7 Å². The number of hydrogen-bond acceptors (Lipinski definition) is 0. The van der Waals surface area contributed by atoms with Crippen molar-refractivity contribution in [3.63, 3.8) is 0 Å². The molecule has 0 aliphatic rings. The van der Waals surface area contributed by atoms with Crippen molar-refractivity contribution in [2.24, 2.45) is 0 Å². The second-order valence-electron chi connectivity index (χ2n) is 7.46. The van der Waals surface area contributed by atoms with Crippen LogP contribution in [0.5, 0.6) is 0 Å². The third-order valence-corrected chi connectivity index (χ3v) is 5.42. The van der Waals surface area contributed by atoms with Crippen molar-refractivity contribution in [3.05, 3.63) is 59.7 Å². The second-order valence-corrected chi connectivity index (χ2v) is 7.46. The SMILES string of the molecule is CCCCC#Cc1ccc2ccc3c(C#CCCCC)ccc4ccc1c2c43. The predicted molar refractivity (Wildman–Crippen MR) is 123 cm³/mol. The van der Waals surface area contributed by atoms with E-state index >= 15 is 0 Å². The van der Waals surface area contributed by atoms with Crippen LogP contribution in [0.25, 0.3) is 32.3 Å². The lowest BCUT2D eigenvalue weighted by atomic mass is 9.90. The molecule has 4 rings (SSSR count). The average molecular weight is 363 g/mol. The maximum Gasteiger partial charge on any atom is 0.0324 e. The molecule has 4 aromatic rings. The van der Waals surface area contributed by atoms with Gasteiger partial charge in [0, 0.05) is 24.0 Å². The average Bonchev–Trinajstić information content (AvgIpc) is 2.74. The van der Waals surface area contributed by atoms with Gasteiger partial charge in [-0.1, -0.05) is 86.8 Å². The zero-order valence-corrected chi connectivity index (χ0v) is 16.9. The molecule has 4 aromatic carbocycles. The van der Waals surface area contributed by atoms with Crippen LogP contribution in [0.4, 0.5) is 0 Å². The van der Waals surface area contributed by atoms with E-state index in [1.807, 2.05) is 0 Å². The Hall–Kier alpha value is -2.96. The highest BCUT2D eigenvalue weighted by molar-refractivity contribution is 6.24. The molecule has 0 heterocycles. The summed E-state index contributed by atoms with van der Waals surface area (Å²) < 4.78 is 0. The van der Waals surface area contributed by atoms with Crippen LogP contribution >= 0.6 is 0 Å². The van der Waals surface area contributed by atoms with E-state index in [0.29, 0.717) is 0 Å². The molecule has 0 atom stereocenters. The summed E-state index contributed by atoms with van der Waals surface area (Å²) in [6.45, 7) is 4.42. The molecule has 0 N–H and O–H groups in total. The number of rotatable bonds is 4. The van der Waals surface area contributed by atoms with Crippen molar-refractivity contribution in [2.45, 2.75) is 52.4 Å². The maximum absolute atomic E-state index is 3.42. The van der Waals surface area contributed by atoms with Gasteiger partial charge >= 0.3 is 0 Å². The van der Waals surface area contributed by atoms with E-state index in [0.717, 1.165) is 24.0 Å². The van der Waals surface area contributed by atoms with Crippen LogP contribution in [0.1, 0.15) is 63.5 Å². The summed E-state index contributed by atoms with van der Waals surface area (Å²) in [5.41, 5.74) is 2.27. The molecule has 0 unspecified atom stereocenters. The minimum Gasteiger partial charge on any atom is -0.0979 e. The van der Waals surface area contributed by atoms with Crippen molar-refractivity contribution < 1.29 is 0 Å². The molecule has 0 aliphatic heterocycles. The summed E-state index contributed by atoms with van der Waals surface area (Å²) in [6.07, 6.45) is 6.65. The fourth-order valence-electron chi connectivity index (χ4n) is 3.86. The zero-order chi connectivity index (χ0) is 19.3. The lowest BCUT2D eigenvalue weighted by Crippen LogP contribution is -1.89. The highest BCUT2D eigenvalue weighted by atomic mass is 14.1. The fourth-order valence-corrected chi connectivity index (χ4v) is 3.86. The Morgan fingerprint density at radius 2 is 1.00 bits per heavy atom. The molecule has 0 amide bonds. The van der Waals surface area contributed by atoms with E-state index in [1.54, 1.807) is 0 Å². The molecule has 138 valence electrons.